The van der Waals surface area contributed by atoms with Gasteiger partial charge in [-0.15, -0.1) is 0 Å². The molecule has 2 amide bonds. The summed E-state index contributed by atoms with van der Waals surface area (Å²) in [5, 5.41) is 39.2. The number of nitrogens with zero attached hydrogens (tertiary/aromatic N) is 4. The number of para-hydroxylation sites is 2. The van der Waals surface area contributed by atoms with Crippen molar-refractivity contribution in [1.29, 1.82) is 0 Å². The van der Waals surface area contributed by atoms with E-state index in [1.165, 1.54) is 12.8 Å². The van der Waals surface area contributed by atoms with Gasteiger partial charge in [-0.3, -0.25) is 14.4 Å². The number of fused-ring (bicyclic) bond motifs is 2. The molecule has 7 rings (SSSR count). The van der Waals surface area contributed by atoms with Crippen molar-refractivity contribution in [2.24, 2.45) is 23.7 Å². The number of hydrogen-bond acceptors (Lipinski definition) is 11. The van der Waals surface area contributed by atoms with E-state index in [9.17, 15) is 24.9 Å². The third kappa shape index (κ3) is 10.0. The molecule has 1 aliphatic heterocycles. The first kappa shape index (κ1) is 44.3. The lowest BCUT2D eigenvalue weighted by molar-refractivity contribution is -0.182. The first-order valence-electron chi connectivity index (χ1n) is 21.1. The Morgan fingerprint density at radius 3 is 2.36 bits per heavy atom. The second-order valence-corrected chi connectivity index (χ2v) is 17.5. The van der Waals surface area contributed by atoms with Crippen molar-refractivity contribution >= 4 is 23.2 Å². The fraction of sp³-hybridized carbons (Fsp3) is 0.565. The Bertz CT molecular complexity index is 1900. The van der Waals surface area contributed by atoms with Crippen molar-refractivity contribution in [3.63, 3.8) is 0 Å². The molecule has 13 heteroatoms. The van der Waals surface area contributed by atoms with Gasteiger partial charge in [0.15, 0.2) is 0 Å². The number of ether oxygens (including phenoxy) is 1. The van der Waals surface area contributed by atoms with Gasteiger partial charge >= 0.3 is 0 Å². The zero-order chi connectivity index (χ0) is 42.5. The average Bonchev–Trinajstić information content (AvgIpc) is 3.56. The van der Waals surface area contributed by atoms with E-state index in [0.29, 0.717) is 48.6 Å². The van der Waals surface area contributed by atoms with Gasteiger partial charge in [0.05, 0.1) is 33.0 Å². The van der Waals surface area contributed by atoms with E-state index >= 15 is 0 Å². The van der Waals surface area contributed by atoms with Gasteiger partial charge in [0.2, 0.25) is 5.91 Å². The smallest absolute Gasteiger partial charge is 0.251 e. The molecule has 3 aliphatic carbocycles. The molecule has 59 heavy (non-hydrogen) atoms. The highest BCUT2D eigenvalue weighted by atomic mass is 16.7. The van der Waals surface area contributed by atoms with Gasteiger partial charge in [-0.25, -0.2) is 0 Å². The van der Waals surface area contributed by atoms with Gasteiger partial charge in [-0.05, 0) is 99.8 Å². The van der Waals surface area contributed by atoms with Gasteiger partial charge in [0.1, 0.15) is 17.9 Å². The molecule has 3 aromatic carbocycles. The molecule has 0 aromatic heterocycles. The van der Waals surface area contributed by atoms with Crippen LogP contribution in [0.4, 0.5) is 11.4 Å². The largest absolute Gasteiger partial charge is 0.496 e. The third-order valence-electron chi connectivity index (χ3n) is 12.8. The van der Waals surface area contributed by atoms with Crippen LogP contribution in [0.3, 0.4) is 0 Å². The molecule has 1 saturated heterocycles. The Morgan fingerprint density at radius 1 is 0.983 bits per heavy atom. The minimum absolute atomic E-state index is 0.0404. The van der Waals surface area contributed by atoms with E-state index in [1.807, 2.05) is 99.6 Å². The summed E-state index contributed by atoms with van der Waals surface area (Å²) in [5.74, 6) is 1.15. The Kier molecular flexibility index (Phi) is 14.6. The fourth-order valence-electron chi connectivity index (χ4n) is 9.61. The van der Waals surface area contributed by atoms with Gasteiger partial charge in [-0.2, -0.15) is 5.06 Å². The summed E-state index contributed by atoms with van der Waals surface area (Å²) in [6.07, 6.45) is 2.33. The van der Waals surface area contributed by atoms with Crippen molar-refractivity contribution in [3.8, 4) is 16.9 Å². The monoisotopic (exact) mass is 814 g/mol. The van der Waals surface area contributed by atoms with Gasteiger partial charge in [-0.1, -0.05) is 43.3 Å². The normalized spacial score (nSPS) is 24.9. The van der Waals surface area contributed by atoms with Crippen LogP contribution in [-0.4, -0.2) is 136 Å². The van der Waals surface area contributed by atoms with E-state index in [1.54, 1.807) is 19.1 Å². The Balaban J connectivity index is 1.28. The Hall–Kier alpha value is -4.24. The van der Waals surface area contributed by atoms with Crippen LogP contribution in [0.1, 0.15) is 54.6 Å². The van der Waals surface area contributed by atoms with Crippen LogP contribution in [0.25, 0.3) is 11.1 Å². The number of methoxy groups -OCH3 is 1. The zero-order valence-corrected chi connectivity index (χ0v) is 36.1. The number of hydroxylamine groups is 2. The molecule has 3 saturated carbocycles. The number of likely N-dealkylation sites (N-methyl/N-ethyl adjacent to an activating group) is 2. The lowest BCUT2D eigenvalue weighted by atomic mass is 9.58. The number of amides is 2. The summed E-state index contributed by atoms with van der Waals surface area (Å²) in [4.78, 5) is 40.8. The number of anilines is 2. The number of aliphatic hydroxyl groups is 3. The number of carbonyl (C=O) groups excluding carboxylic acids is 2. The quantitative estimate of drug-likeness (QED) is 0.128. The van der Waals surface area contributed by atoms with Gasteiger partial charge in [0, 0.05) is 80.3 Å². The molecule has 2 bridgehead atoms. The molecule has 4 aliphatic rings. The van der Waals surface area contributed by atoms with Crippen LogP contribution in [0.5, 0.6) is 5.75 Å². The average molecular weight is 815 g/mol. The molecule has 322 valence electrons. The minimum Gasteiger partial charge on any atom is -0.496 e. The summed E-state index contributed by atoms with van der Waals surface area (Å²) in [6, 6.07) is 18.7. The van der Waals surface area contributed by atoms with Crippen LogP contribution < -0.4 is 25.2 Å². The van der Waals surface area contributed by atoms with Crippen LogP contribution in [0.15, 0.2) is 60.7 Å². The van der Waals surface area contributed by atoms with Crippen molar-refractivity contribution in [2.75, 3.05) is 78.5 Å². The molecular formula is C46H66N6O7. The molecule has 0 spiro atoms. The maximum Gasteiger partial charge on any atom is 0.251 e. The number of rotatable bonds is 18. The van der Waals surface area contributed by atoms with Crippen LogP contribution in [0, 0.1) is 23.7 Å². The lowest BCUT2D eigenvalue weighted by Gasteiger charge is -2.50. The van der Waals surface area contributed by atoms with Gasteiger partial charge in [0.25, 0.3) is 5.91 Å². The second kappa shape index (κ2) is 19.4. The number of nitrogens with one attached hydrogen (secondary N) is 2. The van der Waals surface area contributed by atoms with Crippen molar-refractivity contribution < 1.29 is 34.5 Å². The topological polar surface area (TPSA) is 150 Å². The zero-order valence-electron chi connectivity index (χ0n) is 36.1. The molecule has 1 heterocycles. The number of carbonyl (C=O) groups is 2. The van der Waals surface area contributed by atoms with E-state index in [-0.39, 0.29) is 43.7 Å². The van der Waals surface area contributed by atoms with Gasteiger partial charge < -0.3 is 45.4 Å². The first-order chi connectivity index (χ1) is 28.2. The highest BCUT2D eigenvalue weighted by Gasteiger charge is 2.51. The maximum absolute atomic E-state index is 14.3. The molecule has 0 unspecified atom stereocenters. The molecule has 5 N–H and O–H groups in total. The van der Waals surface area contributed by atoms with Crippen LogP contribution >= 0.6 is 0 Å². The van der Waals surface area contributed by atoms with E-state index in [2.05, 4.69) is 28.5 Å². The SMILES string of the molecule is COc1c(CN2O[C@@H](CO)[C@@H]([C@H](C)O)[C@H]2C(=O)N[C@H]2C[C@H]3C[C@H](C3)[C@@H]2C)cccc1-c1cc(C(=O)N[C@@H](Cc2ccccc2N(C)CCO)CN(C)C)cc(N(C)C)c1. The summed E-state index contributed by atoms with van der Waals surface area (Å²) < 4.78 is 6.12. The van der Waals surface area contributed by atoms with Crippen molar-refractivity contribution in [2.45, 2.75) is 76.4 Å². The molecule has 7 atom stereocenters. The number of aliphatic hydroxyl groups excluding tert-OH is 3. The van der Waals surface area contributed by atoms with Crippen LogP contribution in [0.2, 0.25) is 0 Å². The van der Waals surface area contributed by atoms with Crippen LogP contribution in [-0.2, 0) is 22.6 Å². The predicted molar refractivity (Wildman–Crippen MR) is 231 cm³/mol. The molecule has 4 fully saturated rings. The maximum atomic E-state index is 14.3. The van der Waals surface area contributed by atoms with E-state index in [4.69, 9.17) is 9.57 Å². The summed E-state index contributed by atoms with van der Waals surface area (Å²) in [5.41, 5.74) is 5.69. The third-order valence-corrected chi connectivity index (χ3v) is 12.8. The first-order valence-corrected chi connectivity index (χ1v) is 21.1. The second-order valence-electron chi connectivity index (χ2n) is 17.5. The summed E-state index contributed by atoms with van der Waals surface area (Å²) in [7, 11) is 11.4. The fourth-order valence-corrected chi connectivity index (χ4v) is 9.61. The Labute approximate surface area is 350 Å². The standard InChI is InChI=1S/C46H66N6O7/c1-28-33-18-30(19-33)20-39(28)48-46(57)43-42(29(2)55)41(27-54)59-52(43)25-32-13-11-14-38(44(32)58-8)34-21-35(24-37(23-34)50(5)6)45(56)47-36(26-49(3)4)22-31-12-9-10-15-40(31)51(7)16-17-53/h9-15,21,23-24,28-30,33,36,39,41-43,53-55H,16-20,22,25-27H2,1-8H3,(H,47,56)(H,48,57)/t28-,29-,30-,33+,36-,39-,41-,42+,43-/m0/s1. The van der Waals surface area contributed by atoms with E-state index < -0.39 is 24.2 Å². The van der Waals surface area contributed by atoms with E-state index in [0.717, 1.165) is 40.0 Å². The molecular weight excluding hydrogens is 749 g/mol. The highest BCUT2D eigenvalue weighted by Crippen LogP contribution is 2.49. The minimum atomic E-state index is -0.906. The summed E-state index contributed by atoms with van der Waals surface area (Å²) in [6.45, 7) is 4.83. The molecule has 0 radical (unpaired) electrons. The predicted octanol–water partition coefficient (Wildman–Crippen LogP) is 3.78. The Morgan fingerprint density at radius 2 is 1.71 bits per heavy atom. The number of benzene rings is 3. The molecule has 3 aromatic rings. The highest BCUT2D eigenvalue weighted by molar-refractivity contribution is 5.97. The number of hydrogen-bond donors (Lipinski definition) is 5. The van der Waals surface area contributed by atoms with Crippen molar-refractivity contribution in [1.82, 2.24) is 20.6 Å². The summed E-state index contributed by atoms with van der Waals surface area (Å²) >= 11 is 0. The lowest BCUT2D eigenvalue weighted by Crippen LogP contribution is -2.57. The molecule has 13 nitrogen and oxygen atoms in total. The van der Waals surface area contributed by atoms with Crippen molar-refractivity contribution in [3.05, 3.63) is 77.4 Å².